The molecular weight excluding hydrogens is 1020 g/mol. The van der Waals surface area contributed by atoms with Crippen LogP contribution in [0, 0.1) is 16.1 Å². The summed E-state index contributed by atoms with van der Waals surface area (Å²) in [4.78, 5) is 54.0. The summed E-state index contributed by atoms with van der Waals surface area (Å²) >= 11 is 7.23. The Bertz CT molecular complexity index is 2660. The Hall–Kier alpha value is -6.26. The van der Waals surface area contributed by atoms with Gasteiger partial charge in [-0.25, -0.2) is 24.6 Å². The Morgan fingerprint density at radius 1 is 0.765 bits per heavy atom. The van der Waals surface area contributed by atoms with E-state index in [0.717, 1.165) is 29.7 Å². The number of allylic oxidation sites excluding steroid dienone is 1. The maximum atomic E-state index is 12.6. The van der Waals surface area contributed by atoms with Gasteiger partial charge in [0.2, 0.25) is 0 Å². The number of aromatic carboxylic acids is 3. The van der Waals surface area contributed by atoms with E-state index in [0.29, 0.717) is 6.08 Å². The predicted octanol–water partition coefficient (Wildman–Crippen LogP) is 13.1. The van der Waals surface area contributed by atoms with Gasteiger partial charge >= 0.3 is 43.6 Å². The summed E-state index contributed by atoms with van der Waals surface area (Å²) in [5.41, 5.74) is 10.0. The van der Waals surface area contributed by atoms with Gasteiger partial charge in [-0.3, -0.25) is 20.4 Å². The summed E-state index contributed by atoms with van der Waals surface area (Å²) in [5.74, 6) is -3.56. The van der Waals surface area contributed by atoms with Gasteiger partial charge in [-0.2, -0.15) is 13.2 Å². The predicted molar refractivity (Wildman–Crippen MR) is 257 cm³/mol. The number of hydrogen-bond acceptors (Lipinski definition) is 12. The molecule has 68 heavy (non-hydrogen) atoms. The molecule has 0 atom stereocenters. The van der Waals surface area contributed by atoms with Crippen LogP contribution in [0.2, 0.25) is 0 Å². The van der Waals surface area contributed by atoms with Gasteiger partial charge in [-0.15, -0.1) is 28.4 Å². The van der Waals surface area contributed by atoms with E-state index < -0.39 is 35.5 Å². The number of carbonyl (C=O) groups is 3. The van der Waals surface area contributed by atoms with Crippen molar-refractivity contribution in [1.82, 2.24) is 19.9 Å². The molecule has 6 rings (SSSR count). The number of nitriles is 1. The molecule has 0 bridgehead atoms. The van der Waals surface area contributed by atoms with Crippen molar-refractivity contribution >= 4 is 64.6 Å². The molecule has 0 fully saturated rings. The van der Waals surface area contributed by atoms with Crippen molar-refractivity contribution in [2.45, 2.75) is 84.2 Å². The molecule has 6 aromatic heterocycles. The van der Waals surface area contributed by atoms with Crippen LogP contribution < -0.4 is 0 Å². The van der Waals surface area contributed by atoms with Gasteiger partial charge in [0.25, 0.3) is 0 Å². The van der Waals surface area contributed by atoms with Crippen LogP contribution in [0.4, 0.5) is 13.2 Å². The number of nitrogens with one attached hydrogen (secondary N) is 2. The molecule has 6 aromatic rings. The molecule has 20 heteroatoms. The standard InChI is InChI=1S/C29H35F3N3S2.C18H11N3O6.CHNS.Ru/c1-3-5-7-9-11-20-15-26(36-19-20)28-21(12-10-8-6-4-2)16-25(37-28)22-13-14-24(35-18-22)23(33)17-27(34)29(30,31)32;22-16(23)9-1-3-19-12(5-9)14-7-11(18(26)27)8-15(21-14)13-6-10(17(24)25)2-4-20-13;2-1-3;/h13-19,33-34H,3-12H2,1-2H3;1-8H,(H,22,23)(H,24,25)(H,26,27);3H;/q-1;;;+2/p-1/b23-17-,34-27?;;;. The molecule has 0 aliphatic carbocycles. The van der Waals surface area contributed by atoms with Gasteiger partial charge in [0, 0.05) is 44.5 Å². The number of aromatic nitrogens is 4. The van der Waals surface area contributed by atoms with E-state index in [2.05, 4.69) is 63.9 Å². The van der Waals surface area contributed by atoms with Gasteiger partial charge < -0.3 is 33.7 Å². The van der Waals surface area contributed by atoms with E-state index in [4.69, 9.17) is 26.6 Å². The van der Waals surface area contributed by atoms with Crippen LogP contribution in [0.5, 0.6) is 0 Å². The smallest absolute Gasteiger partial charge is 0.697 e. The Labute approximate surface area is 417 Å². The number of rotatable bonds is 19. The molecule has 5 N–H and O–H groups in total. The first-order valence-corrected chi connectivity index (χ1v) is 23.0. The SMILES string of the molecule is CCCCCCc1csc(-c2sc(-c3ccc(/C([NH-])=C/C(=N)C(F)(F)F)nc3)cc2CCCCCC)c1.N#C[S-].O=C(O)c1ccnc(-c2cc(C(=O)O)cc(-c3cc(C(=O)O)ccn3)n2)c1.[Ru+2]. The number of nitrogens with zero attached hydrogens (tertiary/aromatic N) is 5. The number of carboxylic acids is 3. The molecule has 0 spiro atoms. The number of thiophene rings is 2. The Kier molecular flexibility index (Phi) is 22.7. The summed E-state index contributed by atoms with van der Waals surface area (Å²) in [5, 5.41) is 45.4. The molecule has 0 saturated carbocycles. The van der Waals surface area contributed by atoms with Gasteiger partial charge in [0.15, 0.2) is 0 Å². The second-order valence-electron chi connectivity index (χ2n) is 14.8. The molecule has 356 valence electrons. The van der Waals surface area contributed by atoms with Gasteiger partial charge in [-0.05, 0) is 109 Å². The second kappa shape index (κ2) is 27.5. The normalized spacial score (nSPS) is 10.9. The Morgan fingerprint density at radius 3 is 1.78 bits per heavy atom. The van der Waals surface area contributed by atoms with Crippen LogP contribution in [-0.2, 0) is 44.9 Å². The van der Waals surface area contributed by atoms with Crippen LogP contribution in [-0.4, -0.2) is 65.1 Å². The van der Waals surface area contributed by atoms with E-state index in [9.17, 15) is 32.7 Å². The van der Waals surface area contributed by atoms with Crippen LogP contribution in [0.25, 0.3) is 54.4 Å². The van der Waals surface area contributed by atoms with Gasteiger partial charge in [0.1, 0.15) is 5.71 Å². The van der Waals surface area contributed by atoms with Crippen LogP contribution in [0.15, 0.2) is 90.7 Å². The quantitative estimate of drug-likeness (QED) is 0.0195. The number of alkyl halides is 3. The van der Waals surface area contributed by atoms with Gasteiger partial charge in [0.05, 0.1) is 39.5 Å². The summed E-state index contributed by atoms with van der Waals surface area (Å²) < 4.78 is 37.9. The minimum Gasteiger partial charge on any atom is -0.697 e. The van der Waals surface area contributed by atoms with Crippen molar-refractivity contribution in [2.24, 2.45) is 0 Å². The number of aryl methyl sites for hydroxylation is 2. The van der Waals surface area contributed by atoms with Crippen molar-refractivity contribution in [1.29, 1.82) is 10.7 Å². The molecule has 0 aromatic carbocycles. The number of halogens is 3. The maximum absolute atomic E-state index is 12.6. The maximum Gasteiger partial charge on any atom is 2.00 e. The molecule has 13 nitrogen and oxygen atoms in total. The summed E-state index contributed by atoms with van der Waals surface area (Å²) in [6, 6.07) is 15.5. The van der Waals surface area contributed by atoms with Crippen LogP contribution in [0.1, 0.15) is 113 Å². The zero-order chi connectivity index (χ0) is 49.1. The first-order valence-electron chi connectivity index (χ1n) is 20.9. The average Bonchev–Trinajstić information content (AvgIpc) is 3.97. The zero-order valence-electron chi connectivity index (χ0n) is 36.7. The zero-order valence-corrected chi connectivity index (χ0v) is 40.9. The molecule has 0 amide bonds. The van der Waals surface area contributed by atoms with E-state index >= 15 is 0 Å². The van der Waals surface area contributed by atoms with Crippen molar-refractivity contribution in [2.75, 3.05) is 0 Å². The van der Waals surface area contributed by atoms with E-state index in [-0.39, 0.29) is 64.6 Å². The molecule has 0 saturated heterocycles. The third-order valence-electron chi connectivity index (χ3n) is 9.83. The summed E-state index contributed by atoms with van der Waals surface area (Å²) in [6.07, 6.45) is 11.8. The Balaban J connectivity index is 0.000000349. The number of hydrogen-bond donors (Lipinski definition) is 4. The van der Waals surface area contributed by atoms with Crippen molar-refractivity contribution in [3.63, 3.8) is 0 Å². The number of thiocyanates is 1. The van der Waals surface area contributed by atoms with Crippen LogP contribution >= 0.6 is 22.7 Å². The fourth-order valence-electron chi connectivity index (χ4n) is 6.41. The molecule has 0 unspecified atom stereocenters. The first kappa shape index (κ1) is 56.1. The molecule has 0 radical (unpaired) electrons. The molecular formula is C48H46F3N7O6RuS3. The van der Waals surface area contributed by atoms with Crippen molar-refractivity contribution in [3.05, 3.63) is 130 Å². The topological polar surface area (TPSA) is 235 Å². The van der Waals surface area contributed by atoms with Gasteiger partial charge in [-0.1, -0.05) is 57.8 Å². The number of unbranched alkanes of at least 4 members (excludes halogenated alkanes) is 6. The van der Waals surface area contributed by atoms with E-state index in [1.165, 1.54) is 120 Å². The number of carboxylic acid groups (broad SMARTS) is 3. The Morgan fingerprint density at radius 2 is 1.29 bits per heavy atom. The van der Waals surface area contributed by atoms with E-state index in [1.54, 1.807) is 41.0 Å². The summed E-state index contributed by atoms with van der Waals surface area (Å²) in [6.45, 7) is 4.44. The molecule has 0 aliphatic rings. The fourth-order valence-corrected chi connectivity index (χ4v) is 8.71. The molecule has 0 aliphatic heterocycles. The van der Waals surface area contributed by atoms with Crippen molar-refractivity contribution in [3.8, 4) is 48.4 Å². The third-order valence-corrected chi connectivity index (χ3v) is 12.2. The van der Waals surface area contributed by atoms with Crippen molar-refractivity contribution < 1.29 is 62.4 Å². The minimum atomic E-state index is -4.77. The monoisotopic (exact) mass is 1070 g/mol. The first-order chi connectivity index (χ1) is 32.0. The largest absolute Gasteiger partial charge is 2.00 e. The third kappa shape index (κ3) is 16.8. The fraction of sp³-hybridized carbons (Fsp3) is 0.271. The summed E-state index contributed by atoms with van der Waals surface area (Å²) in [7, 11) is 0. The second-order valence-corrected chi connectivity index (χ2v) is 16.9. The number of pyridine rings is 4. The van der Waals surface area contributed by atoms with E-state index in [1.807, 2.05) is 0 Å². The minimum absolute atomic E-state index is 0. The molecule has 6 heterocycles. The average molecular weight is 1070 g/mol. The van der Waals surface area contributed by atoms with Crippen LogP contribution in [0.3, 0.4) is 0 Å².